The van der Waals surface area contributed by atoms with Crippen molar-refractivity contribution < 1.29 is 22.8 Å². The lowest BCUT2D eigenvalue weighted by Gasteiger charge is -2.29. The Kier molecular flexibility index (Phi) is 5.36. The second kappa shape index (κ2) is 7.99. The summed E-state index contributed by atoms with van der Waals surface area (Å²) >= 11 is 0.973. The molecule has 0 aliphatic carbocycles. The van der Waals surface area contributed by atoms with E-state index < -0.39 is 23.7 Å². The summed E-state index contributed by atoms with van der Waals surface area (Å²) in [7, 11) is 0. The fraction of sp³-hybridized carbons (Fsp3) is 0.136. The molecule has 1 N–H and O–H groups in total. The third-order valence-electron chi connectivity index (χ3n) is 4.75. The Hall–Kier alpha value is -3.46. The van der Waals surface area contributed by atoms with Crippen molar-refractivity contribution in [3.8, 4) is 0 Å². The highest BCUT2D eigenvalue weighted by Gasteiger charge is 2.67. The summed E-state index contributed by atoms with van der Waals surface area (Å²) in [5.41, 5.74) is -2.45. The third kappa shape index (κ3) is 3.84. The molecule has 9 heteroatoms. The number of carbonyl (C=O) groups is 2. The molecule has 0 unspecified atom stereocenters. The second-order valence-corrected chi connectivity index (χ2v) is 7.77. The molecule has 0 radical (unpaired) electrons. The molecule has 5 nitrogen and oxygen atoms in total. The van der Waals surface area contributed by atoms with E-state index in [-0.39, 0.29) is 17.3 Å². The van der Waals surface area contributed by atoms with Crippen LogP contribution >= 0.6 is 11.3 Å². The fourth-order valence-electron chi connectivity index (χ4n) is 3.25. The van der Waals surface area contributed by atoms with Gasteiger partial charge in [0.15, 0.2) is 0 Å². The molecule has 31 heavy (non-hydrogen) atoms. The van der Waals surface area contributed by atoms with Crippen LogP contribution in [-0.2, 0) is 11.3 Å². The molecular weight excluding hydrogens is 427 g/mol. The van der Waals surface area contributed by atoms with E-state index in [9.17, 15) is 22.8 Å². The van der Waals surface area contributed by atoms with E-state index in [0.29, 0.717) is 11.1 Å². The van der Waals surface area contributed by atoms with E-state index in [1.54, 1.807) is 66.0 Å². The van der Waals surface area contributed by atoms with Gasteiger partial charge in [-0.3, -0.25) is 14.5 Å². The van der Waals surface area contributed by atoms with Gasteiger partial charge in [0.05, 0.1) is 11.4 Å². The van der Waals surface area contributed by atoms with Gasteiger partial charge in [-0.15, -0.1) is 11.3 Å². The first kappa shape index (κ1) is 20.8. The number of aliphatic imine (C=N–C) groups is 1. The molecule has 1 aromatic heterocycles. The molecule has 158 valence electrons. The van der Waals surface area contributed by atoms with E-state index in [2.05, 4.69) is 4.99 Å². The predicted octanol–water partition coefficient (Wildman–Crippen LogP) is 4.23. The Labute approximate surface area is 179 Å². The number of thiophene rings is 1. The molecule has 1 aliphatic rings. The first-order valence-corrected chi connectivity index (χ1v) is 10.1. The summed E-state index contributed by atoms with van der Waals surface area (Å²) < 4.78 is 42.9. The minimum atomic E-state index is -5.15. The lowest BCUT2D eigenvalue weighted by Crippen LogP contribution is -2.63. The monoisotopic (exact) mass is 443 g/mol. The molecule has 0 saturated heterocycles. The van der Waals surface area contributed by atoms with E-state index in [0.717, 1.165) is 16.2 Å². The van der Waals surface area contributed by atoms with Crippen LogP contribution in [-0.4, -0.2) is 34.4 Å². The zero-order chi connectivity index (χ0) is 22.1. The number of alkyl halides is 3. The molecule has 0 bridgehead atoms. The van der Waals surface area contributed by atoms with Gasteiger partial charge in [-0.25, -0.2) is 4.99 Å². The van der Waals surface area contributed by atoms with Crippen LogP contribution < -0.4 is 5.32 Å². The van der Waals surface area contributed by atoms with Crippen molar-refractivity contribution in [3.63, 3.8) is 0 Å². The number of carbonyl (C=O) groups excluding carboxylic acids is 2. The maximum Gasteiger partial charge on any atom is 0.442 e. The van der Waals surface area contributed by atoms with E-state index in [1.165, 1.54) is 12.1 Å². The Morgan fingerprint density at radius 3 is 2.23 bits per heavy atom. The summed E-state index contributed by atoms with van der Waals surface area (Å²) in [5.74, 6) is -2.52. The van der Waals surface area contributed by atoms with Crippen LogP contribution in [0.2, 0.25) is 0 Å². The highest BCUT2D eigenvalue weighted by molar-refractivity contribution is 7.12. The first-order chi connectivity index (χ1) is 14.8. The first-order valence-electron chi connectivity index (χ1n) is 9.26. The Morgan fingerprint density at radius 2 is 1.65 bits per heavy atom. The lowest BCUT2D eigenvalue weighted by molar-refractivity contribution is -0.196. The minimum absolute atomic E-state index is 0.0504. The number of nitrogens with one attached hydrogen (secondary N) is 1. The fourth-order valence-corrected chi connectivity index (χ4v) is 3.87. The molecule has 3 aromatic rings. The van der Waals surface area contributed by atoms with Crippen LogP contribution in [0.4, 0.5) is 13.2 Å². The summed E-state index contributed by atoms with van der Waals surface area (Å²) in [5, 5.41) is 3.43. The zero-order valence-electron chi connectivity index (χ0n) is 16.0. The molecule has 4 rings (SSSR count). The lowest BCUT2D eigenvalue weighted by atomic mass is 10.1. The summed E-state index contributed by atoms with van der Waals surface area (Å²) in [4.78, 5) is 30.6. The second-order valence-electron chi connectivity index (χ2n) is 6.82. The van der Waals surface area contributed by atoms with Gasteiger partial charge in [0.25, 0.3) is 11.8 Å². The molecule has 0 fully saturated rings. The van der Waals surface area contributed by atoms with Crippen LogP contribution in [0.3, 0.4) is 0 Å². The van der Waals surface area contributed by atoms with Crippen molar-refractivity contribution in [2.24, 2.45) is 4.99 Å². The maximum atomic E-state index is 14.3. The molecule has 2 aromatic carbocycles. The van der Waals surface area contributed by atoms with Gasteiger partial charge >= 0.3 is 11.8 Å². The Balaban J connectivity index is 1.81. The van der Waals surface area contributed by atoms with Gasteiger partial charge in [0.1, 0.15) is 5.84 Å². The van der Waals surface area contributed by atoms with Crippen LogP contribution in [0.5, 0.6) is 0 Å². The summed E-state index contributed by atoms with van der Waals surface area (Å²) in [6.45, 7) is -0.125. The Morgan fingerprint density at radius 1 is 1.00 bits per heavy atom. The number of hydrogen-bond acceptors (Lipinski definition) is 4. The van der Waals surface area contributed by atoms with Gasteiger partial charge in [-0.05, 0) is 17.0 Å². The molecule has 0 spiro atoms. The molecule has 2 heterocycles. The van der Waals surface area contributed by atoms with Crippen LogP contribution in [0.15, 0.2) is 83.2 Å². The molecule has 0 saturated carbocycles. The molecular formula is C22H16F3N3O2S. The number of rotatable bonds is 5. The van der Waals surface area contributed by atoms with Gasteiger partial charge in [0.2, 0.25) is 0 Å². The highest BCUT2D eigenvalue weighted by Crippen LogP contribution is 2.39. The van der Waals surface area contributed by atoms with Crippen molar-refractivity contribution in [1.82, 2.24) is 10.2 Å². The normalized spacial score (nSPS) is 18.7. The van der Waals surface area contributed by atoms with Crippen LogP contribution in [0, 0.1) is 0 Å². The van der Waals surface area contributed by atoms with Gasteiger partial charge in [0, 0.05) is 5.56 Å². The average molecular weight is 443 g/mol. The molecule has 1 aliphatic heterocycles. The van der Waals surface area contributed by atoms with Gasteiger partial charge in [-0.1, -0.05) is 66.7 Å². The number of amides is 2. The van der Waals surface area contributed by atoms with Crippen LogP contribution in [0.1, 0.15) is 20.8 Å². The largest absolute Gasteiger partial charge is 0.442 e. The van der Waals surface area contributed by atoms with Crippen molar-refractivity contribution in [3.05, 3.63) is 94.2 Å². The zero-order valence-corrected chi connectivity index (χ0v) is 16.8. The van der Waals surface area contributed by atoms with Crippen molar-refractivity contribution >= 4 is 29.0 Å². The number of nitrogens with zero attached hydrogens (tertiary/aromatic N) is 2. The predicted molar refractivity (Wildman–Crippen MR) is 111 cm³/mol. The number of halogens is 3. The van der Waals surface area contributed by atoms with Crippen molar-refractivity contribution in [2.45, 2.75) is 18.4 Å². The third-order valence-corrected chi connectivity index (χ3v) is 5.62. The SMILES string of the molecule is O=C(N[C@]1(C(F)(F)F)N=C(c2ccccc2)N(Cc2ccccc2)C1=O)c1cccs1. The Bertz CT molecular complexity index is 1120. The van der Waals surface area contributed by atoms with E-state index in [1.807, 2.05) is 5.32 Å². The number of amidine groups is 1. The molecule has 2 amide bonds. The number of hydrogen-bond donors (Lipinski definition) is 1. The van der Waals surface area contributed by atoms with E-state index >= 15 is 0 Å². The average Bonchev–Trinajstić information content (AvgIpc) is 3.38. The van der Waals surface area contributed by atoms with Crippen LogP contribution in [0.25, 0.3) is 0 Å². The van der Waals surface area contributed by atoms with Crippen molar-refractivity contribution in [1.29, 1.82) is 0 Å². The quantitative estimate of drug-likeness (QED) is 0.642. The van der Waals surface area contributed by atoms with Crippen molar-refractivity contribution in [2.75, 3.05) is 0 Å². The molecule has 1 atom stereocenters. The van der Waals surface area contributed by atoms with Gasteiger partial charge in [-0.2, -0.15) is 13.2 Å². The van der Waals surface area contributed by atoms with Gasteiger partial charge < -0.3 is 5.32 Å². The topological polar surface area (TPSA) is 61.8 Å². The maximum absolute atomic E-state index is 14.3. The summed E-state index contributed by atoms with van der Waals surface area (Å²) in [6.07, 6.45) is -5.15. The van der Waals surface area contributed by atoms with E-state index in [4.69, 9.17) is 0 Å². The minimum Gasteiger partial charge on any atom is -0.311 e. The smallest absolute Gasteiger partial charge is 0.311 e. The summed E-state index contributed by atoms with van der Waals surface area (Å²) in [6, 6.07) is 19.7. The standard InChI is InChI=1S/C22H16F3N3O2S/c23-22(24,25)21(27-19(29)17-12-7-13-31-17)20(30)28(14-15-8-3-1-4-9-15)18(26-21)16-10-5-2-6-11-16/h1-13H,14H2,(H,27,29)/t21-/m1/s1. The highest BCUT2D eigenvalue weighted by atomic mass is 32.1. The number of benzene rings is 2.